The largest absolute Gasteiger partial charge is 0.502 e. The highest BCUT2D eigenvalue weighted by Crippen LogP contribution is 2.34. The molecule has 3 aliphatic rings. The molecule has 124 valence electrons. The number of nitrogens with one attached hydrogen (secondary N) is 1. The second kappa shape index (κ2) is 5.56. The van der Waals surface area contributed by atoms with Crippen molar-refractivity contribution in [3.63, 3.8) is 0 Å². The van der Waals surface area contributed by atoms with Crippen molar-refractivity contribution >= 4 is 5.91 Å². The summed E-state index contributed by atoms with van der Waals surface area (Å²) in [4.78, 5) is 25.8. The van der Waals surface area contributed by atoms with E-state index in [4.69, 9.17) is 4.74 Å². The van der Waals surface area contributed by atoms with Crippen LogP contribution in [0.3, 0.4) is 0 Å². The highest BCUT2D eigenvalue weighted by Gasteiger charge is 2.41. The summed E-state index contributed by atoms with van der Waals surface area (Å²) in [6.45, 7) is 0.370. The lowest BCUT2D eigenvalue weighted by Crippen LogP contribution is -2.56. The number of aromatic nitrogens is 1. The molecule has 7 heteroatoms. The smallest absolute Gasteiger partial charge is 0.278 e. The molecule has 0 aromatic carbocycles. The van der Waals surface area contributed by atoms with Gasteiger partial charge in [0.15, 0.2) is 11.4 Å². The molecular formula is C16H21N3O4. The van der Waals surface area contributed by atoms with Gasteiger partial charge in [-0.3, -0.25) is 14.3 Å². The minimum Gasteiger partial charge on any atom is -0.502 e. The molecular weight excluding hydrogens is 298 g/mol. The van der Waals surface area contributed by atoms with Crippen molar-refractivity contribution in [2.24, 2.45) is 0 Å². The highest BCUT2D eigenvalue weighted by atomic mass is 16.5. The lowest BCUT2D eigenvalue weighted by atomic mass is 9.87. The van der Waals surface area contributed by atoms with Gasteiger partial charge >= 0.3 is 0 Å². The summed E-state index contributed by atoms with van der Waals surface area (Å²) in [5.74, 6) is -0.795. The van der Waals surface area contributed by atoms with Gasteiger partial charge in [0.1, 0.15) is 6.67 Å². The quantitative estimate of drug-likeness (QED) is 0.868. The van der Waals surface area contributed by atoms with Crippen molar-refractivity contribution in [3.8, 4) is 5.75 Å². The molecule has 1 aromatic heterocycles. The number of rotatable bonds is 3. The maximum absolute atomic E-state index is 12.6. The monoisotopic (exact) mass is 319 g/mol. The molecule has 0 unspecified atom stereocenters. The van der Waals surface area contributed by atoms with Gasteiger partial charge in [-0.2, -0.15) is 0 Å². The first-order valence-electron chi connectivity index (χ1n) is 8.28. The third kappa shape index (κ3) is 2.49. The number of amides is 1. The number of hydrogen-bond donors (Lipinski definition) is 2. The van der Waals surface area contributed by atoms with E-state index in [-0.39, 0.29) is 23.7 Å². The van der Waals surface area contributed by atoms with E-state index in [0.717, 1.165) is 25.7 Å². The van der Waals surface area contributed by atoms with E-state index in [0.29, 0.717) is 12.8 Å². The average molecular weight is 319 g/mol. The molecule has 1 amide bonds. The first kappa shape index (κ1) is 14.6. The van der Waals surface area contributed by atoms with Crippen LogP contribution in [0, 0.1) is 0 Å². The number of carbonyl (C=O) groups is 1. The molecule has 2 saturated carbocycles. The Hall–Kier alpha value is -2.02. The van der Waals surface area contributed by atoms with Gasteiger partial charge in [0.2, 0.25) is 5.43 Å². The Balaban J connectivity index is 1.42. The maximum Gasteiger partial charge on any atom is 0.278 e. The van der Waals surface area contributed by atoms with Gasteiger partial charge in [0.05, 0.1) is 12.2 Å². The number of aromatic hydroxyl groups is 1. The number of fused-ring (bicyclic) bond motifs is 1. The van der Waals surface area contributed by atoms with Gasteiger partial charge < -0.3 is 20.2 Å². The minimum absolute atomic E-state index is 0.0175. The van der Waals surface area contributed by atoms with Crippen LogP contribution in [0.5, 0.6) is 5.75 Å². The summed E-state index contributed by atoms with van der Waals surface area (Å²) < 4.78 is 7.47. The Morgan fingerprint density at radius 3 is 2.65 bits per heavy atom. The summed E-state index contributed by atoms with van der Waals surface area (Å²) in [6, 6.07) is 1.34. The standard InChI is InChI=1S/C16H21N3O4/c20-13-5-6-19-14(15(13)21)16(22)18(9-17-19)10-7-12(8-10)23-11-3-1-2-4-11/h5-6,10-12,17,21H,1-4,7-9H2. The predicted molar refractivity (Wildman–Crippen MR) is 82.9 cm³/mol. The second-order valence-electron chi connectivity index (χ2n) is 6.63. The molecule has 23 heavy (non-hydrogen) atoms. The molecule has 0 spiro atoms. The number of pyridine rings is 1. The first-order chi connectivity index (χ1) is 11.1. The molecule has 2 aliphatic carbocycles. The normalized spacial score (nSPS) is 27.5. The van der Waals surface area contributed by atoms with E-state index in [9.17, 15) is 14.7 Å². The van der Waals surface area contributed by atoms with E-state index in [1.54, 1.807) is 4.90 Å². The van der Waals surface area contributed by atoms with Crippen molar-refractivity contribution in [1.82, 2.24) is 9.58 Å². The molecule has 1 aliphatic heterocycles. The van der Waals surface area contributed by atoms with Crippen LogP contribution in [0.1, 0.15) is 49.0 Å². The van der Waals surface area contributed by atoms with Gasteiger partial charge in [0, 0.05) is 18.3 Å². The van der Waals surface area contributed by atoms with Gasteiger partial charge in [0.25, 0.3) is 5.91 Å². The van der Waals surface area contributed by atoms with Gasteiger partial charge in [-0.25, -0.2) is 0 Å². The Kier molecular flexibility index (Phi) is 3.52. The summed E-state index contributed by atoms with van der Waals surface area (Å²) in [5, 5.41) is 9.90. The van der Waals surface area contributed by atoms with Crippen molar-refractivity contribution in [3.05, 3.63) is 28.2 Å². The fourth-order valence-electron chi connectivity index (χ4n) is 3.72. The second-order valence-corrected chi connectivity index (χ2v) is 6.63. The van der Waals surface area contributed by atoms with Crippen LogP contribution in [0.4, 0.5) is 0 Å². The van der Waals surface area contributed by atoms with Crippen molar-refractivity contribution in [2.75, 3.05) is 12.1 Å². The Labute approximate surface area is 133 Å². The summed E-state index contributed by atoms with van der Waals surface area (Å²) in [7, 11) is 0. The highest BCUT2D eigenvalue weighted by molar-refractivity contribution is 5.96. The lowest BCUT2D eigenvalue weighted by molar-refractivity contribution is -0.0798. The molecule has 0 bridgehead atoms. The first-order valence-corrected chi connectivity index (χ1v) is 8.28. The number of nitrogens with zero attached hydrogens (tertiary/aromatic N) is 2. The van der Waals surface area contributed by atoms with E-state index in [1.165, 1.54) is 29.8 Å². The number of hydrogen-bond acceptors (Lipinski definition) is 5. The molecule has 2 fully saturated rings. The topological polar surface area (TPSA) is 83.8 Å². The van der Waals surface area contributed by atoms with E-state index >= 15 is 0 Å². The van der Waals surface area contributed by atoms with Crippen molar-refractivity contribution in [1.29, 1.82) is 0 Å². The van der Waals surface area contributed by atoms with Gasteiger partial charge in [-0.1, -0.05) is 12.8 Å². The molecule has 4 rings (SSSR count). The summed E-state index contributed by atoms with van der Waals surface area (Å²) >= 11 is 0. The zero-order chi connectivity index (χ0) is 16.0. The SMILES string of the molecule is O=C1c2c(O)c(=O)ccn2NCN1C1CC(OC2CCCC2)C1. The zero-order valence-corrected chi connectivity index (χ0v) is 12.9. The van der Waals surface area contributed by atoms with Gasteiger partial charge in [-0.15, -0.1) is 0 Å². The van der Waals surface area contributed by atoms with Crippen LogP contribution in [-0.4, -0.2) is 45.5 Å². The molecule has 0 saturated heterocycles. The van der Waals surface area contributed by atoms with E-state index in [2.05, 4.69) is 5.43 Å². The number of carbonyl (C=O) groups excluding carboxylic acids is 1. The molecule has 1 aromatic rings. The lowest BCUT2D eigenvalue weighted by Gasteiger charge is -2.45. The predicted octanol–water partition coefficient (Wildman–Crippen LogP) is 1.00. The van der Waals surface area contributed by atoms with E-state index in [1.807, 2.05) is 0 Å². The van der Waals surface area contributed by atoms with Crippen LogP contribution in [-0.2, 0) is 4.74 Å². The van der Waals surface area contributed by atoms with E-state index < -0.39 is 11.2 Å². The van der Waals surface area contributed by atoms with Crippen LogP contribution >= 0.6 is 0 Å². The molecule has 7 nitrogen and oxygen atoms in total. The molecule has 2 N–H and O–H groups in total. The zero-order valence-electron chi connectivity index (χ0n) is 12.9. The van der Waals surface area contributed by atoms with Crippen LogP contribution < -0.4 is 10.9 Å². The molecule has 0 atom stereocenters. The van der Waals surface area contributed by atoms with Crippen LogP contribution in [0.2, 0.25) is 0 Å². The summed E-state index contributed by atoms with van der Waals surface area (Å²) in [5.41, 5.74) is 2.51. The van der Waals surface area contributed by atoms with Gasteiger partial charge in [-0.05, 0) is 25.7 Å². The maximum atomic E-state index is 12.6. The third-order valence-electron chi connectivity index (χ3n) is 5.15. The Bertz CT molecular complexity index is 674. The van der Waals surface area contributed by atoms with Crippen LogP contribution in [0.25, 0.3) is 0 Å². The fraction of sp³-hybridized carbons (Fsp3) is 0.625. The Morgan fingerprint density at radius 1 is 1.17 bits per heavy atom. The summed E-state index contributed by atoms with van der Waals surface area (Å²) in [6.07, 6.45) is 8.53. The van der Waals surface area contributed by atoms with Crippen molar-refractivity contribution < 1.29 is 14.6 Å². The van der Waals surface area contributed by atoms with Crippen LogP contribution in [0.15, 0.2) is 17.1 Å². The number of ether oxygens (including phenoxy) is 1. The van der Waals surface area contributed by atoms with Crippen molar-refractivity contribution in [2.45, 2.75) is 56.8 Å². The minimum atomic E-state index is -0.538. The third-order valence-corrected chi connectivity index (χ3v) is 5.15. The fourth-order valence-corrected chi connectivity index (χ4v) is 3.72. The molecule has 2 heterocycles. The Morgan fingerprint density at radius 2 is 1.91 bits per heavy atom. The average Bonchev–Trinajstić information content (AvgIpc) is 3.00. The molecule has 0 radical (unpaired) electrons.